The number of carbonyl (C=O) groups is 1. The van der Waals surface area contributed by atoms with Crippen molar-refractivity contribution in [3.05, 3.63) is 33.8 Å². The van der Waals surface area contributed by atoms with E-state index in [4.69, 9.17) is 0 Å². The van der Waals surface area contributed by atoms with Crippen molar-refractivity contribution in [2.75, 3.05) is 30.4 Å². The fourth-order valence-corrected chi connectivity index (χ4v) is 3.40. The molecule has 1 amide bonds. The molecule has 0 aliphatic carbocycles. The van der Waals surface area contributed by atoms with Crippen LogP contribution in [0.15, 0.2) is 28.3 Å². The van der Waals surface area contributed by atoms with Crippen molar-refractivity contribution in [3.63, 3.8) is 0 Å². The third-order valence-corrected chi connectivity index (χ3v) is 4.65. The number of carbonyl (C=O) groups excluding carboxylic acids is 1. The van der Waals surface area contributed by atoms with E-state index in [1.54, 1.807) is 7.05 Å². The number of hydrogen-bond acceptors (Lipinski definition) is 3. The van der Waals surface area contributed by atoms with Gasteiger partial charge in [-0.05, 0) is 48.5 Å². The average molecular weight is 336 g/mol. The van der Waals surface area contributed by atoms with Crippen LogP contribution in [0.1, 0.15) is 24.9 Å². The minimum atomic E-state index is -0.251. The van der Waals surface area contributed by atoms with Gasteiger partial charge in [-0.2, -0.15) is 0 Å². The molecule has 0 spiro atoms. The summed E-state index contributed by atoms with van der Waals surface area (Å²) < 4.78 is 1.04. The summed E-state index contributed by atoms with van der Waals surface area (Å²) in [6.07, 6.45) is 3.35. The first-order valence-corrected chi connectivity index (χ1v) is 7.61. The summed E-state index contributed by atoms with van der Waals surface area (Å²) in [5.74, 6) is 0.0148. The van der Waals surface area contributed by atoms with Crippen LogP contribution >= 0.6 is 15.9 Å². The Hall–Kier alpha value is -1.33. The first-order valence-electron chi connectivity index (χ1n) is 6.82. The van der Waals surface area contributed by atoms with Crippen LogP contribution < -0.4 is 15.5 Å². The van der Waals surface area contributed by atoms with Gasteiger partial charge in [-0.3, -0.25) is 4.79 Å². The molecule has 20 heavy (non-hydrogen) atoms. The highest BCUT2D eigenvalue weighted by Gasteiger charge is 2.30. The van der Waals surface area contributed by atoms with Crippen LogP contribution in [-0.4, -0.2) is 26.0 Å². The quantitative estimate of drug-likeness (QED) is 0.817. The number of nitrogens with one attached hydrogen (secondary N) is 2. The zero-order chi connectivity index (χ0) is 14.3. The molecule has 106 valence electrons. The third-order valence-electron chi connectivity index (χ3n) is 4.02. The second-order valence-corrected chi connectivity index (χ2v) is 6.20. The van der Waals surface area contributed by atoms with E-state index in [-0.39, 0.29) is 11.9 Å². The molecule has 2 N–H and O–H groups in total. The molecule has 4 nitrogen and oxygen atoms in total. The average Bonchev–Trinajstić information content (AvgIpc) is 2.73. The van der Waals surface area contributed by atoms with E-state index in [0.717, 1.165) is 40.9 Å². The zero-order valence-electron chi connectivity index (χ0n) is 11.7. The topological polar surface area (TPSA) is 44.4 Å². The number of anilines is 2. The first kappa shape index (κ1) is 13.6. The van der Waals surface area contributed by atoms with Crippen molar-refractivity contribution in [1.29, 1.82) is 0 Å². The molecule has 1 aromatic carbocycles. The van der Waals surface area contributed by atoms with Gasteiger partial charge < -0.3 is 15.5 Å². The van der Waals surface area contributed by atoms with Crippen molar-refractivity contribution in [1.82, 2.24) is 5.32 Å². The summed E-state index contributed by atoms with van der Waals surface area (Å²) in [6.45, 7) is 4.11. The van der Waals surface area contributed by atoms with Gasteiger partial charge in [0.25, 0.3) is 0 Å². The molecule has 0 radical (unpaired) electrons. The number of nitrogens with zero attached hydrogens (tertiary/aromatic N) is 1. The van der Waals surface area contributed by atoms with Crippen LogP contribution in [0.3, 0.4) is 0 Å². The molecular formula is C15H18BrN3O. The minimum absolute atomic E-state index is 0.0148. The van der Waals surface area contributed by atoms with Crippen LogP contribution in [0.4, 0.5) is 11.4 Å². The molecule has 1 unspecified atom stereocenters. The summed E-state index contributed by atoms with van der Waals surface area (Å²) in [6, 6.07) is 3.87. The van der Waals surface area contributed by atoms with Crippen LogP contribution in [-0.2, 0) is 4.79 Å². The van der Waals surface area contributed by atoms with Gasteiger partial charge in [0.05, 0.1) is 5.69 Å². The van der Waals surface area contributed by atoms with Crippen LogP contribution in [0.5, 0.6) is 0 Å². The first-order chi connectivity index (χ1) is 9.60. The number of fused-ring (bicyclic) bond motifs is 1. The molecule has 2 aliphatic rings. The van der Waals surface area contributed by atoms with Gasteiger partial charge in [-0.15, -0.1) is 0 Å². The fraction of sp³-hybridized carbons (Fsp3) is 0.400. The summed E-state index contributed by atoms with van der Waals surface area (Å²) in [5.41, 5.74) is 4.52. The van der Waals surface area contributed by atoms with Gasteiger partial charge >= 0.3 is 0 Å². The second kappa shape index (κ2) is 5.22. The Morgan fingerprint density at radius 2 is 2.25 bits per heavy atom. The number of rotatable bonds is 2. The maximum Gasteiger partial charge on any atom is 0.246 e. The number of hydrogen-bond donors (Lipinski definition) is 2. The predicted octanol–water partition coefficient (Wildman–Crippen LogP) is 2.82. The molecule has 2 heterocycles. The van der Waals surface area contributed by atoms with Gasteiger partial charge in [0, 0.05) is 28.8 Å². The van der Waals surface area contributed by atoms with E-state index < -0.39 is 0 Å². The Kier molecular flexibility index (Phi) is 3.56. The maximum absolute atomic E-state index is 11.9. The lowest BCUT2D eigenvalue weighted by Crippen LogP contribution is -2.28. The highest BCUT2D eigenvalue weighted by atomic mass is 79.9. The standard InChI is InChI=1S/C15H18BrN3O/c1-9-3-5-19(6-4-9)13-8-12-10(7-11(13)16)14(17-2)15(20)18-12/h3,7-8,14,17H,4-6H2,1-2H3,(H,18,20). The predicted molar refractivity (Wildman–Crippen MR) is 85.2 cm³/mol. The Labute approximate surface area is 127 Å². The fourth-order valence-electron chi connectivity index (χ4n) is 2.79. The van der Waals surface area contributed by atoms with Gasteiger partial charge in [0.1, 0.15) is 6.04 Å². The summed E-state index contributed by atoms with van der Waals surface area (Å²) in [7, 11) is 1.80. The molecule has 1 aromatic rings. The zero-order valence-corrected chi connectivity index (χ0v) is 13.3. The Bertz CT molecular complexity index is 597. The summed E-state index contributed by atoms with van der Waals surface area (Å²) in [5, 5.41) is 6.00. The number of likely N-dealkylation sites (N-methyl/N-ethyl adjacent to an activating group) is 1. The maximum atomic E-state index is 11.9. The van der Waals surface area contributed by atoms with E-state index in [9.17, 15) is 4.79 Å². The van der Waals surface area contributed by atoms with E-state index >= 15 is 0 Å². The second-order valence-electron chi connectivity index (χ2n) is 5.35. The molecule has 1 atom stereocenters. The molecular weight excluding hydrogens is 318 g/mol. The minimum Gasteiger partial charge on any atom is -0.367 e. The Morgan fingerprint density at radius 3 is 2.90 bits per heavy atom. The largest absolute Gasteiger partial charge is 0.367 e. The Balaban J connectivity index is 1.96. The lowest BCUT2D eigenvalue weighted by atomic mass is 10.1. The molecule has 0 bridgehead atoms. The van der Waals surface area contributed by atoms with E-state index in [1.165, 1.54) is 5.57 Å². The molecule has 0 fully saturated rings. The van der Waals surface area contributed by atoms with Crippen LogP contribution in [0.2, 0.25) is 0 Å². The van der Waals surface area contributed by atoms with Gasteiger partial charge in [0.15, 0.2) is 0 Å². The van der Waals surface area contributed by atoms with Crippen molar-refractivity contribution in [2.24, 2.45) is 0 Å². The highest BCUT2D eigenvalue weighted by molar-refractivity contribution is 9.10. The van der Waals surface area contributed by atoms with Crippen molar-refractivity contribution < 1.29 is 4.79 Å². The number of benzene rings is 1. The molecule has 2 aliphatic heterocycles. The molecule has 3 rings (SSSR count). The number of halogens is 1. The monoisotopic (exact) mass is 335 g/mol. The molecule has 5 heteroatoms. The van der Waals surface area contributed by atoms with Crippen molar-refractivity contribution in [2.45, 2.75) is 19.4 Å². The molecule has 0 saturated heterocycles. The SMILES string of the molecule is CNC1C(=O)Nc2cc(N3CC=C(C)CC3)c(Br)cc21. The highest BCUT2D eigenvalue weighted by Crippen LogP contribution is 2.39. The number of amides is 1. The Morgan fingerprint density at radius 1 is 1.45 bits per heavy atom. The van der Waals surface area contributed by atoms with Gasteiger partial charge in [-0.25, -0.2) is 0 Å². The van der Waals surface area contributed by atoms with Gasteiger partial charge in [-0.1, -0.05) is 11.6 Å². The smallest absolute Gasteiger partial charge is 0.246 e. The third kappa shape index (κ3) is 2.25. The van der Waals surface area contributed by atoms with Crippen molar-refractivity contribution in [3.8, 4) is 0 Å². The van der Waals surface area contributed by atoms with Crippen LogP contribution in [0, 0.1) is 0 Å². The summed E-state index contributed by atoms with van der Waals surface area (Å²) in [4.78, 5) is 14.2. The normalized spacial score (nSPS) is 21.6. The lowest BCUT2D eigenvalue weighted by molar-refractivity contribution is -0.117. The molecule has 0 aromatic heterocycles. The van der Waals surface area contributed by atoms with E-state index in [2.05, 4.69) is 56.6 Å². The summed E-state index contributed by atoms with van der Waals surface area (Å²) >= 11 is 3.65. The molecule has 0 saturated carbocycles. The van der Waals surface area contributed by atoms with Crippen molar-refractivity contribution >= 4 is 33.2 Å². The van der Waals surface area contributed by atoms with E-state index in [1.807, 2.05) is 0 Å². The van der Waals surface area contributed by atoms with Crippen LogP contribution in [0.25, 0.3) is 0 Å². The lowest BCUT2D eigenvalue weighted by Gasteiger charge is -2.29. The van der Waals surface area contributed by atoms with Gasteiger partial charge in [0.2, 0.25) is 5.91 Å². The van der Waals surface area contributed by atoms with E-state index in [0.29, 0.717) is 0 Å².